The summed E-state index contributed by atoms with van der Waals surface area (Å²) in [7, 11) is 0. The molecule has 0 saturated heterocycles. The maximum Gasteiger partial charge on any atom is 0.306 e. The average molecular weight is 911 g/mol. The molecular formula is C59H106O6. The molecule has 0 aromatic carbocycles. The molecular weight excluding hydrogens is 805 g/mol. The van der Waals surface area contributed by atoms with Gasteiger partial charge >= 0.3 is 17.9 Å². The molecule has 6 nitrogen and oxygen atoms in total. The number of rotatable bonds is 51. The molecule has 0 aliphatic rings. The van der Waals surface area contributed by atoms with E-state index in [1.54, 1.807) is 0 Å². The van der Waals surface area contributed by atoms with E-state index in [0.717, 1.165) is 77.0 Å². The van der Waals surface area contributed by atoms with Crippen LogP contribution in [0.5, 0.6) is 0 Å². The largest absolute Gasteiger partial charge is 0.462 e. The first-order chi connectivity index (χ1) is 32.0. The van der Waals surface area contributed by atoms with Gasteiger partial charge in [-0.15, -0.1) is 0 Å². The van der Waals surface area contributed by atoms with Crippen LogP contribution >= 0.6 is 0 Å². The van der Waals surface area contributed by atoms with Crippen LogP contribution < -0.4 is 0 Å². The third-order valence-corrected chi connectivity index (χ3v) is 12.3. The summed E-state index contributed by atoms with van der Waals surface area (Å²) in [5.74, 6) is -0.915. The van der Waals surface area contributed by atoms with Gasteiger partial charge < -0.3 is 14.2 Å². The fourth-order valence-corrected chi connectivity index (χ4v) is 8.14. The first-order valence-corrected chi connectivity index (χ1v) is 28.1. The Morgan fingerprint density at radius 2 is 0.600 bits per heavy atom. The number of carbonyl (C=O) groups is 3. The first-order valence-electron chi connectivity index (χ1n) is 28.1. The Kier molecular flexibility index (Phi) is 51.8. The molecule has 0 bridgehead atoms. The Morgan fingerprint density at radius 3 is 0.938 bits per heavy atom. The summed E-state index contributed by atoms with van der Waals surface area (Å²) < 4.78 is 16.8. The maximum atomic E-state index is 12.8. The second kappa shape index (κ2) is 54.0. The van der Waals surface area contributed by atoms with Crippen LogP contribution in [0.1, 0.15) is 290 Å². The lowest BCUT2D eigenvalue weighted by Gasteiger charge is -2.18. The molecule has 0 radical (unpaired) electrons. The highest BCUT2D eigenvalue weighted by Crippen LogP contribution is 2.17. The SMILES string of the molecule is CC/C=C\C/C=C\C/C=C\C/C=C\CCCCC(=O)OC(COC(=O)CCCCCCCCCCCCC)COC(=O)CCCCCCCCCCCCCCCCCCCCCCC. The van der Waals surface area contributed by atoms with Crippen molar-refractivity contribution in [1.82, 2.24) is 0 Å². The van der Waals surface area contributed by atoms with E-state index in [2.05, 4.69) is 69.4 Å². The van der Waals surface area contributed by atoms with Crippen molar-refractivity contribution in [2.75, 3.05) is 13.2 Å². The normalized spacial score (nSPS) is 12.4. The summed E-state index contributed by atoms with van der Waals surface area (Å²) in [6.07, 6.45) is 65.4. The zero-order valence-corrected chi connectivity index (χ0v) is 43.3. The molecule has 0 rings (SSSR count). The van der Waals surface area contributed by atoms with Crippen molar-refractivity contribution in [1.29, 1.82) is 0 Å². The van der Waals surface area contributed by atoms with E-state index < -0.39 is 6.10 Å². The van der Waals surface area contributed by atoms with E-state index in [1.807, 2.05) is 0 Å². The number of carbonyl (C=O) groups excluding carboxylic acids is 3. The molecule has 65 heavy (non-hydrogen) atoms. The summed E-state index contributed by atoms with van der Waals surface area (Å²) in [5, 5.41) is 0. The smallest absolute Gasteiger partial charge is 0.306 e. The molecule has 0 amide bonds. The van der Waals surface area contributed by atoms with Crippen LogP contribution in [0.2, 0.25) is 0 Å². The Bertz CT molecular complexity index is 1140. The summed E-state index contributed by atoms with van der Waals surface area (Å²) in [4.78, 5) is 38.0. The van der Waals surface area contributed by atoms with E-state index in [-0.39, 0.29) is 37.5 Å². The zero-order chi connectivity index (χ0) is 47.2. The van der Waals surface area contributed by atoms with E-state index >= 15 is 0 Å². The predicted octanol–water partition coefficient (Wildman–Crippen LogP) is 18.7. The topological polar surface area (TPSA) is 78.9 Å². The lowest BCUT2D eigenvalue weighted by atomic mass is 10.0. The third kappa shape index (κ3) is 52.2. The molecule has 0 fully saturated rings. The van der Waals surface area contributed by atoms with Crippen molar-refractivity contribution in [2.24, 2.45) is 0 Å². The third-order valence-electron chi connectivity index (χ3n) is 12.3. The number of esters is 3. The average Bonchev–Trinajstić information content (AvgIpc) is 3.30. The fraction of sp³-hybridized carbons (Fsp3) is 0.814. The fourth-order valence-electron chi connectivity index (χ4n) is 8.14. The van der Waals surface area contributed by atoms with Gasteiger partial charge in [0.1, 0.15) is 13.2 Å². The van der Waals surface area contributed by atoms with Crippen molar-refractivity contribution < 1.29 is 28.6 Å². The summed E-state index contributed by atoms with van der Waals surface area (Å²) >= 11 is 0. The van der Waals surface area contributed by atoms with Gasteiger partial charge in [0.15, 0.2) is 6.10 Å². The minimum atomic E-state index is -0.790. The molecule has 0 heterocycles. The molecule has 6 heteroatoms. The van der Waals surface area contributed by atoms with Gasteiger partial charge in [-0.25, -0.2) is 0 Å². The molecule has 378 valence electrons. The first kappa shape index (κ1) is 62.4. The summed E-state index contributed by atoms with van der Waals surface area (Å²) in [6, 6.07) is 0. The Balaban J connectivity index is 4.31. The minimum Gasteiger partial charge on any atom is -0.462 e. The lowest BCUT2D eigenvalue weighted by Crippen LogP contribution is -2.30. The standard InChI is InChI=1S/C59H106O6/c1-4-7-10-13-16-19-22-24-26-27-28-29-30-31-33-34-37-40-43-46-49-52-58(61)64-55-56(54-63-57(60)51-48-45-42-39-36-21-18-15-12-9-6-3)65-59(62)53-50-47-44-41-38-35-32-25-23-20-17-14-11-8-5-2/h8,11,17,20,25,32,38,41,56H,4-7,9-10,12-16,18-19,21-24,26-31,33-37,39-40,42-55H2,1-3H3/b11-8-,20-17-,32-25-,41-38-. The number of unbranched alkanes of at least 4 members (excludes halogenated alkanes) is 32. The number of hydrogen-bond donors (Lipinski definition) is 0. The van der Waals surface area contributed by atoms with Gasteiger partial charge in [-0.05, 0) is 57.8 Å². The molecule has 0 aliphatic heterocycles. The minimum absolute atomic E-state index is 0.0858. The molecule has 0 aromatic rings. The van der Waals surface area contributed by atoms with Gasteiger partial charge in [-0.2, -0.15) is 0 Å². The summed E-state index contributed by atoms with van der Waals surface area (Å²) in [5.41, 5.74) is 0. The van der Waals surface area contributed by atoms with E-state index in [1.165, 1.54) is 167 Å². The number of hydrogen-bond acceptors (Lipinski definition) is 6. The van der Waals surface area contributed by atoms with Crippen LogP contribution in [-0.2, 0) is 28.6 Å². The van der Waals surface area contributed by atoms with Gasteiger partial charge in [-0.1, -0.05) is 262 Å². The molecule has 0 aliphatic carbocycles. The maximum absolute atomic E-state index is 12.8. The molecule has 1 atom stereocenters. The van der Waals surface area contributed by atoms with E-state index in [4.69, 9.17) is 14.2 Å². The van der Waals surface area contributed by atoms with Gasteiger partial charge in [0.2, 0.25) is 0 Å². The van der Waals surface area contributed by atoms with Crippen LogP contribution in [0.4, 0.5) is 0 Å². The van der Waals surface area contributed by atoms with Crippen molar-refractivity contribution in [3.8, 4) is 0 Å². The quantitative estimate of drug-likeness (QED) is 0.0262. The van der Waals surface area contributed by atoms with Crippen molar-refractivity contribution in [3.63, 3.8) is 0 Å². The molecule has 1 unspecified atom stereocenters. The van der Waals surface area contributed by atoms with E-state index in [9.17, 15) is 14.4 Å². The highest BCUT2D eigenvalue weighted by molar-refractivity contribution is 5.71. The van der Waals surface area contributed by atoms with Gasteiger partial charge in [-0.3, -0.25) is 14.4 Å². The number of ether oxygens (including phenoxy) is 3. The highest BCUT2D eigenvalue weighted by atomic mass is 16.6. The molecule has 0 aromatic heterocycles. The van der Waals surface area contributed by atoms with Crippen molar-refractivity contribution in [3.05, 3.63) is 48.6 Å². The molecule has 0 N–H and O–H groups in total. The monoisotopic (exact) mass is 911 g/mol. The number of allylic oxidation sites excluding steroid dienone is 8. The van der Waals surface area contributed by atoms with Crippen LogP contribution in [0, 0.1) is 0 Å². The highest BCUT2D eigenvalue weighted by Gasteiger charge is 2.19. The predicted molar refractivity (Wildman–Crippen MR) is 279 cm³/mol. The second-order valence-corrected chi connectivity index (χ2v) is 18.8. The van der Waals surface area contributed by atoms with Gasteiger partial charge in [0.05, 0.1) is 0 Å². The molecule has 0 saturated carbocycles. The van der Waals surface area contributed by atoms with Crippen LogP contribution in [0.25, 0.3) is 0 Å². The zero-order valence-electron chi connectivity index (χ0n) is 43.3. The Morgan fingerprint density at radius 1 is 0.323 bits per heavy atom. The van der Waals surface area contributed by atoms with Crippen LogP contribution in [0.15, 0.2) is 48.6 Å². The second-order valence-electron chi connectivity index (χ2n) is 18.8. The lowest BCUT2D eigenvalue weighted by molar-refractivity contribution is -0.167. The van der Waals surface area contributed by atoms with Crippen molar-refractivity contribution in [2.45, 2.75) is 297 Å². The van der Waals surface area contributed by atoms with Crippen LogP contribution in [-0.4, -0.2) is 37.2 Å². The van der Waals surface area contributed by atoms with Gasteiger partial charge in [0.25, 0.3) is 0 Å². The van der Waals surface area contributed by atoms with Crippen LogP contribution in [0.3, 0.4) is 0 Å². The van der Waals surface area contributed by atoms with Crippen molar-refractivity contribution >= 4 is 17.9 Å². The van der Waals surface area contributed by atoms with Gasteiger partial charge in [0, 0.05) is 19.3 Å². The Hall–Kier alpha value is -2.63. The van der Waals surface area contributed by atoms with E-state index in [0.29, 0.717) is 19.3 Å². The Labute approximate surface area is 403 Å². The molecule has 0 spiro atoms. The summed E-state index contributed by atoms with van der Waals surface area (Å²) in [6.45, 7) is 6.52.